The second kappa shape index (κ2) is 4.18. The van der Waals surface area contributed by atoms with E-state index in [2.05, 4.69) is 0 Å². The number of hydrogen-bond donors (Lipinski definition) is 0. The lowest BCUT2D eigenvalue weighted by Gasteiger charge is -2.25. The number of benzene rings is 1. The fourth-order valence-electron chi connectivity index (χ4n) is 2.36. The molecular formula is C12H17NO2S. The summed E-state index contributed by atoms with van der Waals surface area (Å²) < 4.78 is 26.4. The molecule has 0 aliphatic carbocycles. The van der Waals surface area contributed by atoms with Crippen molar-refractivity contribution in [1.29, 1.82) is 0 Å². The summed E-state index contributed by atoms with van der Waals surface area (Å²) in [5.41, 5.74) is 0. The van der Waals surface area contributed by atoms with Crippen molar-refractivity contribution in [3.8, 4) is 0 Å². The maximum atomic E-state index is 12.4. The average Bonchev–Trinajstić information content (AvgIpc) is 2.60. The predicted molar refractivity (Wildman–Crippen MR) is 63.6 cm³/mol. The monoisotopic (exact) mass is 239 g/mol. The van der Waals surface area contributed by atoms with Crippen LogP contribution < -0.4 is 0 Å². The summed E-state index contributed by atoms with van der Waals surface area (Å²) in [6, 6.07) is 8.90. The van der Waals surface area contributed by atoms with Gasteiger partial charge in [-0.25, -0.2) is 8.42 Å². The van der Waals surface area contributed by atoms with E-state index in [0.717, 1.165) is 12.8 Å². The van der Waals surface area contributed by atoms with Crippen LogP contribution in [0.3, 0.4) is 0 Å². The summed E-state index contributed by atoms with van der Waals surface area (Å²) in [6.45, 7) is 3.95. The first-order valence-electron chi connectivity index (χ1n) is 5.62. The lowest BCUT2D eigenvalue weighted by molar-refractivity contribution is 0.350. The molecule has 1 aliphatic rings. The van der Waals surface area contributed by atoms with E-state index in [1.807, 2.05) is 19.9 Å². The van der Waals surface area contributed by atoms with Gasteiger partial charge in [-0.2, -0.15) is 4.31 Å². The third-order valence-corrected chi connectivity index (χ3v) is 5.33. The maximum Gasteiger partial charge on any atom is 0.243 e. The summed E-state index contributed by atoms with van der Waals surface area (Å²) in [6.07, 6.45) is 1.90. The largest absolute Gasteiger partial charge is 0.243 e. The molecular weight excluding hydrogens is 222 g/mol. The zero-order valence-corrected chi connectivity index (χ0v) is 10.4. The van der Waals surface area contributed by atoms with Gasteiger partial charge >= 0.3 is 0 Å². The second-order valence-corrected chi connectivity index (χ2v) is 6.27. The van der Waals surface area contributed by atoms with Gasteiger partial charge in [0.2, 0.25) is 10.0 Å². The first-order chi connectivity index (χ1) is 7.53. The van der Waals surface area contributed by atoms with E-state index in [0.29, 0.717) is 4.90 Å². The van der Waals surface area contributed by atoms with E-state index in [4.69, 9.17) is 0 Å². The molecule has 2 atom stereocenters. The Morgan fingerprint density at radius 3 is 2.06 bits per heavy atom. The Morgan fingerprint density at radius 2 is 1.56 bits per heavy atom. The predicted octanol–water partition coefficient (Wildman–Crippen LogP) is 2.25. The topological polar surface area (TPSA) is 37.4 Å². The molecule has 0 radical (unpaired) electrons. The molecule has 16 heavy (non-hydrogen) atoms. The molecule has 1 fully saturated rings. The van der Waals surface area contributed by atoms with Gasteiger partial charge in [0.25, 0.3) is 0 Å². The van der Waals surface area contributed by atoms with E-state index in [1.54, 1.807) is 28.6 Å². The van der Waals surface area contributed by atoms with Crippen LogP contribution in [0.4, 0.5) is 0 Å². The highest BCUT2D eigenvalue weighted by Gasteiger charge is 2.37. The fourth-order valence-corrected chi connectivity index (χ4v) is 4.26. The average molecular weight is 239 g/mol. The molecule has 1 saturated heterocycles. The van der Waals surface area contributed by atoms with Crippen LogP contribution in [0.15, 0.2) is 35.2 Å². The first kappa shape index (κ1) is 11.6. The minimum Gasteiger partial charge on any atom is -0.207 e. The smallest absolute Gasteiger partial charge is 0.207 e. The molecule has 0 amide bonds. The first-order valence-corrected chi connectivity index (χ1v) is 7.06. The lowest BCUT2D eigenvalue weighted by Crippen LogP contribution is -2.38. The molecule has 1 aromatic carbocycles. The second-order valence-electron chi connectivity index (χ2n) is 4.42. The molecule has 1 aromatic rings. The van der Waals surface area contributed by atoms with Crippen LogP contribution in [0.5, 0.6) is 0 Å². The molecule has 0 spiro atoms. The summed E-state index contributed by atoms with van der Waals surface area (Å²) in [4.78, 5) is 0.399. The highest BCUT2D eigenvalue weighted by molar-refractivity contribution is 7.89. The van der Waals surface area contributed by atoms with E-state index >= 15 is 0 Å². The van der Waals surface area contributed by atoms with E-state index in [9.17, 15) is 8.42 Å². The summed E-state index contributed by atoms with van der Waals surface area (Å²) >= 11 is 0. The van der Waals surface area contributed by atoms with Crippen LogP contribution >= 0.6 is 0 Å². The molecule has 0 aromatic heterocycles. The molecule has 3 nitrogen and oxygen atoms in total. The fraction of sp³-hybridized carbons (Fsp3) is 0.500. The van der Waals surface area contributed by atoms with Crippen molar-refractivity contribution in [2.45, 2.75) is 43.7 Å². The van der Waals surface area contributed by atoms with Crippen molar-refractivity contribution < 1.29 is 8.42 Å². The molecule has 0 bridgehead atoms. The van der Waals surface area contributed by atoms with Gasteiger partial charge in [-0.15, -0.1) is 0 Å². The van der Waals surface area contributed by atoms with Crippen LogP contribution in [-0.2, 0) is 10.0 Å². The van der Waals surface area contributed by atoms with E-state index in [-0.39, 0.29) is 12.1 Å². The van der Waals surface area contributed by atoms with Crippen LogP contribution in [-0.4, -0.2) is 24.8 Å². The highest BCUT2D eigenvalue weighted by Crippen LogP contribution is 2.30. The molecule has 88 valence electrons. The normalized spacial score (nSPS) is 27.1. The van der Waals surface area contributed by atoms with Crippen LogP contribution in [0.2, 0.25) is 0 Å². The molecule has 1 heterocycles. The standard InChI is InChI=1S/C12H17NO2S/c1-10-8-9-11(2)13(10)16(14,15)12-6-4-3-5-7-12/h3-7,10-11H,8-9H2,1-2H3/t10-,11+. The minimum absolute atomic E-state index is 0.111. The van der Waals surface area contributed by atoms with Crippen molar-refractivity contribution in [2.75, 3.05) is 0 Å². The quantitative estimate of drug-likeness (QED) is 0.793. The number of sulfonamides is 1. The Morgan fingerprint density at radius 1 is 1.06 bits per heavy atom. The zero-order chi connectivity index (χ0) is 11.8. The molecule has 0 unspecified atom stereocenters. The lowest BCUT2D eigenvalue weighted by atomic mass is 10.2. The van der Waals surface area contributed by atoms with Gasteiger partial charge in [-0.1, -0.05) is 18.2 Å². The van der Waals surface area contributed by atoms with Crippen molar-refractivity contribution in [1.82, 2.24) is 4.31 Å². The van der Waals surface area contributed by atoms with Crippen molar-refractivity contribution in [2.24, 2.45) is 0 Å². The molecule has 0 saturated carbocycles. The molecule has 4 heteroatoms. The van der Waals surface area contributed by atoms with Crippen LogP contribution in [0, 0.1) is 0 Å². The third kappa shape index (κ3) is 1.87. The number of nitrogens with zero attached hydrogens (tertiary/aromatic N) is 1. The Balaban J connectivity index is 2.40. The van der Waals surface area contributed by atoms with Gasteiger partial charge in [0.1, 0.15) is 0 Å². The van der Waals surface area contributed by atoms with Crippen LogP contribution in [0.25, 0.3) is 0 Å². The van der Waals surface area contributed by atoms with E-state index < -0.39 is 10.0 Å². The van der Waals surface area contributed by atoms with Crippen molar-refractivity contribution in [3.63, 3.8) is 0 Å². The summed E-state index contributed by atoms with van der Waals surface area (Å²) in [5.74, 6) is 0. The van der Waals surface area contributed by atoms with Gasteiger partial charge in [-0.05, 0) is 38.8 Å². The van der Waals surface area contributed by atoms with Gasteiger partial charge in [-0.3, -0.25) is 0 Å². The molecule has 2 rings (SSSR count). The minimum atomic E-state index is -3.30. The Labute approximate surface area is 97.1 Å². The maximum absolute atomic E-state index is 12.4. The van der Waals surface area contributed by atoms with Gasteiger partial charge in [0.05, 0.1) is 4.90 Å². The van der Waals surface area contributed by atoms with Gasteiger partial charge in [0, 0.05) is 12.1 Å². The van der Waals surface area contributed by atoms with Crippen molar-refractivity contribution >= 4 is 10.0 Å². The highest BCUT2D eigenvalue weighted by atomic mass is 32.2. The Bertz CT molecular complexity index is 445. The Hall–Kier alpha value is -0.870. The SMILES string of the molecule is C[C@@H]1CC[C@H](C)N1S(=O)(=O)c1ccccc1. The van der Waals surface area contributed by atoms with Crippen molar-refractivity contribution in [3.05, 3.63) is 30.3 Å². The number of hydrogen-bond acceptors (Lipinski definition) is 2. The van der Waals surface area contributed by atoms with Crippen LogP contribution in [0.1, 0.15) is 26.7 Å². The van der Waals surface area contributed by atoms with E-state index in [1.165, 1.54) is 0 Å². The molecule has 0 N–H and O–H groups in total. The zero-order valence-electron chi connectivity index (χ0n) is 9.63. The molecule has 1 aliphatic heterocycles. The number of rotatable bonds is 2. The van der Waals surface area contributed by atoms with Gasteiger partial charge < -0.3 is 0 Å². The summed E-state index contributed by atoms with van der Waals surface area (Å²) in [7, 11) is -3.30. The third-order valence-electron chi connectivity index (χ3n) is 3.19. The summed E-state index contributed by atoms with van der Waals surface area (Å²) in [5, 5.41) is 0. The Kier molecular flexibility index (Phi) is 3.04. The van der Waals surface area contributed by atoms with Gasteiger partial charge in [0.15, 0.2) is 0 Å².